The molecule has 4 atom stereocenters. The Bertz CT molecular complexity index is 419. The highest BCUT2D eigenvalue weighted by Crippen LogP contribution is 2.30. The van der Waals surface area contributed by atoms with Gasteiger partial charge in [0.05, 0.1) is 18.3 Å². The van der Waals surface area contributed by atoms with Gasteiger partial charge in [-0.15, -0.1) is 0 Å². The van der Waals surface area contributed by atoms with E-state index in [1.807, 2.05) is 12.1 Å². The third-order valence-electron chi connectivity index (χ3n) is 4.52. The molecule has 0 aliphatic carbocycles. The summed E-state index contributed by atoms with van der Waals surface area (Å²) in [4.78, 5) is 2.39. The average molecular weight is 261 g/mol. The van der Waals surface area contributed by atoms with E-state index in [1.54, 1.807) is 0 Å². The summed E-state index contributed by atoms with van der Waals surface area (Å²) in [5.74, 6) is 0. The Morgan fingerprint density at radius 1 is 1.16 bits per heavy atom. The van der Waals surface area contributed by atoms with Crippen molar-refractivity contribution in [1.82, 2.24) is 4.90 Å². The molecule has 3 nitrogen and oxygen atoms in total. The lowest BCUT2D eigenvalue weighted by molar-refractivity contribution is -0.0695. The average Bonchev–Trinajstić information content (AvgIpc) is 2.76. The Hall–Kier alpha value is -0.900. The normalized spacial score (nSPS) is 30.3. The minimum absolute atomic E-state index is 0.148. The molecular formula is C16H23NO2. The molecule has 0 aromatic heterocycles. The summed E-state index contributed by atoms with van der Waals surface area (Å²) < 4.78 is 5.86. The zero-order valence-corrected chi connectivity index (χ0v) is 11.7. The van der Waals surface area contributed by atoms with Crippen LogP contribution in [0.2, 0.25) is 0 Å². The van der Waals surface area contributed by atoms with Gasteiger partial charge in [0.25, 0.3) is 0 Å². The minimum Gasteiger partial charge on any atom is -0.387 e. The van der Waals surface area contributed by atoms with Crippen LogP contribution in [0.3, 0.4) is 0 Å². The molecular weight excluding hydrogens is 238 g/mol. The fourth-order valence-corrected chi connectivity index (χ4v) is 3.22. The van der Waals surface area contributed by atoms with Crippen molar-refractivity contribution >= 4 is 0 Å². The lowest BCUT2D eigenvalue weighted by Gasteiger charge is -2.38. The summed E-state index contributed by atoms with van der Waals surface area (Å²) in [7, 11) is 0. The predicted octanol–water partition coefficient (Wildman–Crippen LogP) is 2.28. The van der Waals surface area contributed by atoms with Crippen LogP contribution in [0.5, 0.6) is 0 Å². The van der Waals surface area contributed by atoms with E-state index >= 15 is 0 Å². The molecule has 1 aromatic rings. The monoisotopic (exact) mass is 261 g/mol. The topological polar surface area (TPSA) is 32.7 Å². The van der Waals surface area contributed by atoms with Crippen LogP contribution in [0, 0.1) is 6.92 Å². The van der Waals surface area contributed by atoms with E-state index in [0.29, 0.717) is 12.2 Å². The smallest absolute Gasteiger partial charge is 0.0942 e. The molecule has 1 aromatic carbocycles. The number of benzene rings is 1. The van der Waals surface area contributed by atoms with E-state index in [1.165, 1.54) is 18.4 Å². The highest BCUT2D eigenvalue weighted by atomic mass is 16.5. The number of hydrogen-bond donors (Lipinski definition) is 1. The van der Waals surface area contributed by atoms with Crippen molar-refractivity contribution in [1.29, 1.82) is 0 Å². The quantitative estimate of drug-likeness (QED) is 0.906. The zero-order chi connectivity index (χ0) is 13.4. The molecule has 0 radical (unpaired) electrons. The first-order chi connectivity index (χ1) is 9.13. The molecule has 0 saturated carbocycles. The highest BCUT2D eigenvalue weighted by Gasteiger charge is 2.37. The molecule has 19 heavy (non-hydrogen) atoms. The van der Waals surface area contributed by atoms with Crippen LogP contribution < -0.4 is 0 Å². The van der Waals surface area contributed by atoms with Gasteiger partial charge in [0, 0.05) is 19.1 Å². The molecule has 3 heteroatoms. The molecule has 2 heterocycles. The first kappa shape index (κ1) is 13.1. The molecule has 2 aliphatic rings. The van der Waals surface area contributed by atoms with Crippen LogP contribution in [0.4, 0.5) is 0 Å². The second kappa shape index (κ2) is 5.23. The Balaban J connectivity index is 1.69. The standard InChI is InChI=1S/C16H23NO2/c1-11-3-5-13(6-4-11)16(18)12(2)17-9-14-7-8-15(10-17)19-14/h3-6,12,14-16,18H,7-10H2,1-2H3. The molecule has 2 fully saturated rings. The van der Waals surface area contributed by atoms with E-state index in [-0.39, 0.29) is 6.04 Å². The third-order valence-corrected chi connectivity index (χ3v) is 4.52. The SMILES string of the molecule is Cc1ccc(C(O)C(C)N2CC3CCC(C2)O3)cc1. The maximum atomic E-state index is 10.5. The molecule has 104 valence electrons. The van der Waals surface area contributed by atoms with Gasteiger partial charge in [0.15, 0.2) is 0 Å². The van der Waals surface area contributed by atoms with Gasteiger partial charge in [-0.25, -0.2) is 0 Å². The van der Waals surface area contributed by atoms with Crippen molar-refractivity contribution in [3.8, 4) is 0 Å². The van der Waals surface area contributed by atoms with Gasteiger partial charge in [-0.2, -0.15) is 0 Å². The fraction of sp³-hybridized carbons (Fsp3) is 0.625. The van der Waals surface area contributed by atoms with Crippen molar-refractivity contribution in [3.63, 3.8) is 0 Å². The molecule has 2 aliphatic heterocycles. The number of aliphatic hydroxyl groups is 1. The van der Waals surface area contributed by atoms with Crippen LogP contribution in [-0.2, 0) is 4.74 Å². The van der Waals surface area contributed by atoms with Gasteiger partial charge >= 0.3 is 0 Å². The Kier molecular flexibility index (Phi) is 3.61. The first-order valence-corrected chi connectivity index (χ1v) is 7.27. The molecule has 3 rings (SSSR count). The van der Waals surface area contributed by atoms with E-state index in [2.05, 4.69) is 30.9 Å². The van der Waals surface area contributed by atoms with Crippen molar-refractivity contribution in [2.75, 3.05) is 13.1 Å². The number of morpholine rings is 1. The summed E-state index contributed by atoms with van der Waals surface area (Å²) in [6.07, 6.45) is 2.69. The molecule has 0 spiro atoms. The largest absolute Gasteiger partial charge is 0.387 e. The molecule has 0 amide bonds. The minimum atomic E-state index is -0.418. The highest BCUT2D eigenvalue weighted by molar-refractivity contribution is 5.24. The summed E-state index contributed by atoms with van der Waals surface area (Å²) in [6.45, 7) is 6.11. The second-order valence-electron chi connectivity index (χ2n) is 6.01. The molecule has 4 unspecified atom stereocenters. The van der Waals surface area contributed by atoms with Gasteiger partial charge in [0.1, 0.15) is 0 Å². The van der Waals surface area contributed by atoms with Gasteiger partial charge in [-0.1, -0.05) is 29.8 Å². The molecule has 2 bridgehead atoms. The fourth-order valence-electron chi connectivity index (χ4n) is 3.22. The number of fused-ring (bicyclic) bond motifs is 2. The van der Waals surface area contributed by atoms with Gasteiger partial charge in [-0.3, -0.25) is 4.90 Å². The maximum Gasteiger partial charge on any atom is 0.0942 e. The van der Waals surface area contributed by atoms with Crippen LogP contribution in [0.1, 0.15) is 37.0 Å². The lowest BCUT2D eigenvalue weighted by atomic mass is 10.0. The zero-order valence-electron chi connectivity index (χ0n) is 11.7. The summed E-state index contributed by atoms with van der Waals surface area (Å²) in [5.41, 5.74) is 2.24. The van der Waals surface area contributed by atoms with Crippen LogP contribution >= 0.6 is 0 Å². The second-order valence-corrected chi connectivity index (χ2v) is 6.01. The van der Waals surface area contributed by atoms with E-state index in [4.69, 9.17) is 4.74 Å². The van der Waals surface area contributed by atoms with E-state index in [0.717, 1.165) is 18.7 Å². The van der Waals surface area contributed by atoms with Crippen LogP contribution in [0.25, 0.3) is 0 Å². The van der Waals surface area contributed by atoms with Crippen molar-refractivity contribution < 1.29 is 9.84 Å². The summed E-state index contributed by atoms with van der Waals surface area (Å²) in [6, 6.07) is 8.34. The number of likely N-dealkylation sites (tertiary alicyclic amines) is 1. The number of aryl methyl sites for hydroxylation is 1. The van der Waals surface area contributed by atoms with Crippen LogP contribution in [0.15, 0.2) is 24.3 Å². The predicted molar refractivity (Wildman–Crippen MR) is 75.1 cm³/mol. The van der Waals surface area contributed by atoms with Crippen LogP contribution in [-0.4, -0.2) is 41.3 Å². The van der Waals surface area contributed by atoms with Gasteiger partial charge < -0.3 is 9.84 Å². The number of rotatable bonds is 3. The van der Waals surface area contributed by atoms with Gasteiger partial charge in [-0.05, 0) is 32.3 Å². The molecule has 1 N–H and O–H groups in total. The number of nitrogens with zero attached hydrogens (tertiary/aromatic N) is 1. The maximum absolute atomic E-state index is 10.5. The van der Waals surface area contributed by atoms with Gasteiger partial charge in [0.2, 0.25) is 0 Å². The first-order valence-electron chi connectivity index (χ1n) is 7.27. The van der Waals surface area contributed by atoms with Crippen molar-refractivity contribution in [2.45, 2.75) is 51.0 Å². The molecule has 2 saturated heterocycles. The number of hydrogen-bond acceptors (Lipinski definition) is 3. The summed E-state index contributed by atoms with van der Waals surface area (Å²) >= 11 is 0. The Morgan fingerprint density at radius 3 is 2.32 bits per heavy atom. The van der Waals surface area contributed by atoms with Crippen molar-refractivity contribution in [2.24, 2.45) is 0 Å². The summed E-state index contributed by atoms with van der Waals surface area (Å²) in [5, 5.41) is 10.5. The number of aliphatic hydroxyl groups excluding tert-OH is 1. The van der Waals surface area contributed by atoms with Crippen molar-refractivity contribution in [3.05, 3.63) is 35.4 Å². The Morgan fingerprint density at radius 2 is 1.74 bits per heavy atom. The Labute approximate surface area is 115 Å². The van der Waals surface area contributed by atoms with E-state index < -0.39 is 6.10 Å². The number of ether oxygens (including phenoxy) is 1. The lowest BCUT2D eigenvalue weighted by Crippen LogP contribution is -2.48. The van der Waals surface area contributed by atoms with E-state index in [9.17, 15) is 5.11 Å². The third kappa shape index (κ3) is 2.69.